The van der Waals surface area contributed by atoms with Crippen molar-refractivity contribution in [1.29, 1.82) is 0 Å². The molecular weight excluding hydrogens is 320 g/mol. The van der Waals surface area contributed by atoms with Gasteiger partial charge in [0.15, 0.2) is 12.5 Å². The quantitative estimate of drug-likeness (QED) is 0.561. The molecule has 1 amide bonds. The molecule has 0 aliphatic carbocycles. The van der Waals surface area contributed by atoms with Crippen LogP contribution < -0.4 is 10.6 Å². The summed E-state index contributed by atoms with van der Waals surface area (Å²) >= 11 is 0. The van der Waals surface area contributed by atoms with Crippen LogP contribution in [0.1, 0.15) is 0 Å². The van der Waals surface area contributed by atoms with Crippen LogP contribution in [0.25, 0.3) is 0 Å². The molecule has 1 fully saturated rings. The lowest BCUT2D eigenvalue weighted by molar-refractivity contribution is -0.122. The van der Waals surface area contributed by atoms with Crippen LogP contribution in [0, 0.1) is 0 Å². The van der Waals surface area contributed by atoms with Crippen LogP contribution in [0.2, 0.25) is 0 Å². The van der Waals surface area contributed by atoms with Crippen LogP contribution in [-0.4, -0.2) is 58.1 Å². The second-order valence-electron chi connectivity index (χ2n) is 4.58. The Bertz CT molecular complexity index is 589. The summed E-state index contributed by atoms with van der Waals surface area (Å²) < 4.78 is 37.2. The van der Waals surface area contributed by atoms with Gasteiger partial charge < -0.3 is 10.4 Å². The van der Waals surface area contributed by atoms with E-state index in [4.69, 9.17) is 8.37 Å². The van der Waals surface area contributed by atoms with Crippen molar-refractivity contribution in [2.24, 2.45) is 0 Å². The van der Waals surface area contributed by atoms with E-state index >= 15 is 0 Å². The SMILES string of the molecule is C=CS1(C)(=O)OCC(=O)NCCNCOS1(=O)(C=C)CO. The molecule has 0 spiro atoms. The molecule has 1 saturated heterocycles. The molecular formula is C11H22N2O6S2. The first-order valence-electron chi connectivity index (χ1n) is 6.08. The molecule has 0 radical (unpaired) electrons. The smallest absolute Gasteiger partial charge is 0.248 e. The lowest BCUT2D eigenvalue weighted by Crippen LogP contribution is -2.59. The summed E-state index contributed by atoms with van der Waals surface area (Å²) in [5.74, 6) is -1.64. The van der Waals surface area contributed by atoms with Crippen molar-refractivity contribution >= 4 is 22.7 Å². The van der Waals surface area contributed by atoms with E-state index in [2.05, 4.69) is 23.8 Å². The van der Waals surface area contributed by atoms with Crippen LogP contribution in [0.15, 0.2) is 24.0 Å². The summed E-state index contributed by atoms with van der Waals surface area (Å²) in [6, 6.07) is 0. The maximum atomic E-state index is 13.4. The average Bonchev–Trinajstić information content (AvgIpc) is 2.49. The van der Waals surface area contributed by atoms with Crippen molar-refractivity contribution < 1.29 is 26.7 Å². The van der Waals surface area contributed by atoms with Crippen molar-refractivity contribution in [3.63, 3.8) is 0 Å². The molecule has 1 aliphatic heterocycles. The number of aliphatic hydroxyl groups is 1. The molecule has 0 aromatic heterocycles. The third kappa shape index (κ3) is 2.74. The fourth-order valence-electron chi connectivity index (χ4n) is 1.61. The van der Waals surface area contributed by atoms with Crippen LogP contribution in [0.5, 0.6) is 0 Å². The van der Waals surface area contributed by atoms with Gasteiger partial charge in [0.05, 0.1) is 0 Å². The third-order valence-corrected chi connectivity index (χ3v) is 14.8. The summed E-state index contributed by atoms with van der Waals surface area (Å²) in [6.07, 6.45) is 1.02. The second kappa shape index (κ2) is 5.71. The molecule has 1 rings (SSSR count). The van der Waals surface area contributed by atoms with Crippen molar-refractivity contribution in [2.45, 2.75) is 0 Å². The Morgan fingerprint density at radius 1 is 1.29 bits per heavy atom. The highest BCUT2D eigenvalue weighted by Gasteiger charge is 2.48. The fraction of sp³-hybridized carbons (Fsp3) is 0.545. The number of nitrogens with one attached hydrogen (secondary N) is 2. The Hall–Kier alpha value is -0.910. The van der Waals surface area contributed by atoms with Gasteiger partial charge in [0.25, 0.3) is 0 Å². The lowest BCUT2D eigenvalue weighted by atomic mass is 10.5. The van der Waals surface area contributed by atoms with E-state index < -0.39 is 35.2 Å². The zero-order valence-corrected chi connectivity index (χ0v) is 13.5. The van der Waals surface area contributed by atoms with E-state index in [9.17, 15) is 18.3 Å². The first-order valence-corrected chi connectivity index (χ1v) is 11.1. The van der Waals surface area contributed by atoms with Gasteiger partial charge in [-0.05, 0) is 0 Å². The zero-order chi connectivity index (χ0) is 16.2. The normalized spacial score (nSPS) is 31.6. The molecule has 3 N–H and O–H groups in total. The maximum absolute atomic E-state index is 13.4. The predicted molar refractivity (Wildman–Crippen MR) is 82.6 cm³/mol. The van der Waals surface area contributed by atoms with Crippen LogP contribution >= 0.6 is 0 Å². The molecule has 0 unspecified atom stereocenters. The highest BCUT2D eigenvalue weighted by Crippen LogP contribution is 2.51. The van der Waals surface area contributed by atoms with Gasteiger partial charge in [0.1, 0.15) is 6.73 Å². The Balaban J connectivity index is 3.49. The van der Waals surface area contributed by atoms with Gasteiger partial charge in [-0.15, -0.1) is 0 Å². The van der Waals surface area contributed by atoms with Crippen LogP contribution in [-0.2, 0) is 29.9 Å². The van der Waals surface area contributed by atoms with E-state index in [1.807, 2.05) is 0 Å². The lowest BCUT2D eigenvalue weighted by Gasteiger charge is -2.62. The van der Waals surface area contributed by atoms with Gasteiger partial charge in [-0.1, -0.05) is 29.9 Å². The summed E-state index contributed by atoms with van der Waals surface area (Å²) in [7, 11) is -9.59. The highest BCUT2D eigenvalue weighted by molar-refractivity contribution is 8.91. The Kier molecular flexibility index (Phi) is 4.93. The molecule has 0 atom stereocenters. The molecule has 1 heterocycles. The molecule has 124 valence electrons. The monoisotopic (exact) mass is 342 g/mol. The molecule has 0 aromatic carbocycles. The average molecular weight is 342 g/mol. The number of hydrogen-bond donors (Lipinski definition) is 3. The van der Waals surface area contributed by atoms with Gasteiger partial charge in [0, 0.05) is 30.2 Å². The molecule has 1 aliphatic rings. The van der Waals surface area contributed by atoms with E-state index in [0.29, 0.717) is 6.54 Å². The van der Waals surface area contributed by atoms with Crippen molar-refractivity contribution in [3.8, 4) is 0 Å². The number of carbonyl (C=O) groups excluding carboxylic acids is 1. The number of carbonyl (C=O) groups is 1. The maximum Gasteiger partial charge on any atom is 0.248 e. The van der Waals surface area contributed by atoms with Crippen molar-refractivity contribution in [2.75, 3.05) is 38.6 Å². The van der Waals surface area contributed by atoms with Gasteiger partial charge in [-0.2, -0.15) is 8.42 Å². The predicted octanol–water partition coefficient (Wildman–Crippen LogP) is -1.05. The molecule has 0 saturated carbocycles. The van der Waals surface area contributed by atoms with Gasteiger partial charge in [0.2, 0.25) is 5.91 Å². The van der Waals surface area contributed by atoms with Crippen LogP contribution in [0.4, 0.5) is 0 Å². The highest BCUT2D eigenvalue weighted by atomic mass is 33.2. The molecule has 8 nitrogen and oxygen atoms in total. The first kappa shape index (κ1) is 18.1. The van der Waals surface area contributed by atoms with E-state index in [0.717, 1.165) is 17.1 Å². The number of aliphatic hydroxyl groups excluding tert-OH is 1. The molecule has 10 heteroatoms. The second-order valence-corrected chi connectivity index (χ2v) is 15.0. The summed E-state index contributed by atoms with van der Waals surface area (Å²) in [5.41, 5.74) is 0. The fourth-order valence-corrected chi connectivity index (χ4v) is 8.18. The largest absolute Gasteiger partial charge is 0.375 e. The Morgan fingerprint density at radius 3 is 2.48 bits per heavy atom. The topological polar surface area (TPSA) is 114 Å². The van der Waals surface area contributed by atoms with E-state index in [-0.39, 0.29) is 13.3 Å². The number of amides is 1. The summed E-state index contributed by atoms with van der Waals surface area (Å²) in [4.78, 5) is 11.6. The van der Waals surface area contributed by atoms with Crippen LogP contribution in [0.3, 0.4) is 0 Å². The van der Waals surface area contributed by atoms with Crippen molar-refractivity contribution in [3.05, 3.63) is 24.0 Å². The molecule has 21 heavy (non-hydrogen) atoms. The number of rotatable bonds is 3. The standard InChI is InChI=1S/C11H22N2O6S2/c1-4-20(3,16)18-8-11(15)13-7-6-12-9-19-21(20,17,5-2)10-14/h4-5,12,14H,1-2,6-10H2,3H3,(H,13,15). The Morgan fingerprint density at radius 2 is 1.95 bits per heavy atom. The van der Waals surface area contributed by atoms with E-state index in [1.165, 1.54) is 0 Å². The minimum atomic E-state index is -4.85. The Labute approximate surface area is 123 Å². The minimum absolute atomic E-state index is 0.270. The molecule has 0 bridgehead atoms. The summed E-state index contributed by atoms with van der Waals surface area (Å²) in [5, 5.41) is 16.6. The number of hydrogen-bond acceptors (Lipinski definition) is 7. The van der Waals surface area contributed by atoms with Gasteiger partial charge in [-0.25, -0.2) is 0 Å². The van der Waals surface area contributed by atoms with Gasteiger partial charge >= 0.3 is 0 Å². The first-order chi connectivity index (χ1) is 9.64. The zero-order valence-electron chi connectivity index (χ0n) is 11.9. The third-order valence-electron chi connectivity index (χ3n) is 3.27. The molecule has 0 aromatic rings. The van der Waals surface area contributed by atoms with Crippen molar-refractivity contribution in [1.82, 2.24) is 10.6 Å². The summed E-state index contributed by atoms with van der Waals surface area (Å²) in [6.45, 7) is 6.50. The van der Waals surface area contributed by atoms with E-state index in [1.54, 1.807) is 0 Å². The minimum Gasteiger partial charge on any atom is -0.375 e. The van der Waals surface area contributed by atoms with Gasteiger partial charge in [-0.3, -0.25) is 18.5 Å².